The number of hydrogen-bond donors (Lipinski definition) is 1. The predicted molar refractivity (Wildman–Crippen MR) is 77.5 cm³/mol. The summed E-state index contributed by atoms with van der Waals surface area (Å²) in [6.45, 7) is 2.87. The van der Waals surface area contributed by atoms with Crippen molar-refractivity contribution >= 4 is 11.0 Å². The summed E-state index contributed by atoms with van der Waals surface area (Å²) >= 11 is 0. The van der Waals surface area contributed by atoms with Gasteiger partial charge in [-0.25, -0.2) is 9.97 Å². The first-order valence-corrected chi connectivity index (χ1v) is 6.97. The number of fused-ring (bicyclic) bond motifs is 2. The van der Waals surface area contributed by atoms with Crippen LogP contribution in [0.5, 0.6) is 0 Å². The highest BCUT2D eigenvalue weighted by Gasteiger charge is 2.16. The van der Waals surface area contributed by atoms with Crippen molar-refractivity contribution in [1.82, 2.24) is 24.4 Å². The maximum absolute atomic E-state index is 4.74. The van der Waals surface area contributed by atoms with Crippen molar-refractivity contribution in [3.05, 3.63) is 47.8 Å². The first-order valence-electron chi connectivity index (χ1n) is 6.97. The van der Waals surface area contributed by atoms with Crippen LogP contribution in [0.2, 0.25) is 0 Å². The molecule has 0 atom stereocenters. The monoisotopic (exact) mass is 267 g/mol. The van der Waals surface area contributed by atoms with Gasteiger partial charge in [0.1, 0.15) is 11.6 Å². The Balaban J connectivity index is 1.74. The molecule has 2 aromatic heterocycles. The smallest absolute Gasteiger partial charge is 0.122 e. The minimum atomic E-state index is 0.832. The molecule has 1 aliphatic rings. The summed E-state index contributed by atoms with van der Waals surface area (Å²) in [6, 6.07) is 8.27. The van der Waals surface area contributed by atoms with E-state index >= 15 is 0 Å². The van der Waals surface area contributed by atoms with E-state index in [1.807, 2.05) is 12.3 Å². The first-order chi connectivity index (χ1) is 9.83. The molecule has 0 saturated heterocycles. The standard InChI is InChI=1S/C15H17N5/c1-19-13-5-3-2-4-12(13)18-14(19)8-11-9-17-15-10-16-6-7-20(11)15/h2-5,9,16H,6-8,10H2,1H3. The van der Waals surface area contributed by atoms with Crippen LogP contribution in [0.25, 0.3) is 11.0 Å². The molecule has 3 aromatic rings. The van der Waals surface area contributed by atoms with Gasteiger partial charge in [0.05, 0.1) is 17.6 Å². The van der Waals surface area contributed by atoms with Gasteiger partial charge in [0.2, 0.25) is 0 Å². The Morgan fingerprint density at radius 1 is 1.30 bits per heavy atom. The van der Waals surface area contributed by atoms with E-state index in [0.29, 0.717) is 0 Å². The number of aromatic nitrogens is 4. The van der Waals surface area contributed by atoms with Gasteiger partial charge in [-0.05, 0) is 12.1 Å². The summed E-state index contributed by atoms with van der Waals surface area (Å²) in [6.07, 6.45) is 2.82. The fourth-order valence-corrected chi connectivity index (χ4v) is 2.92. The zero-order valence-electron chi connectivity index (χ0n) is 11.5. The maximum Gasteiger partial charge on any atom is 0.122 e. The number of aryl methyl sites for hydroxylation is 1. The summed E-state index contributed by atoms with van der Waals surface area (Å²) < 4.78 is 4.49. The van der Waals surface area contributed by atoms with Crippen molar-refractivity contribution in [2.24, 2.45) is 7.05 Å². The predicted octanol–water partition coefficient (Wildman–Crippen LogP) is 1.46. The minimum absolute atomic E-state index is 0.832. The van der Waals surface area contributed by atoms with Gasteiger partial charge in [-0.2, -0.15) is 0 Å². The van der Waals surface area contributed by atoms with Crippen molar-refractivity contribution in [2.45, 2.75) is 19.5 Å². The normalized spacial score (nSPS) is 14.7. The number of hydrogen-bond acceptors (Lipinski definition) is 3. The van der Waals surface area contributed by atoms with E-state index < -0.39 is 0 Å². The number of benzene rings is 1. The molecule has 0 bridgehead atoms. The summed E-state index contributed by atoms with van der Waals surface area (Å²) in [5.74, 6) is 2.22. The van der Waals surface area contributed by atoms with Crippen molar-refractivity contribution < 1.29 is 0 Å². The van der Waals surface area contributed by atoms with E-state index in [4.69, 9.17) is 4.98 Å². The topological polar surface area (TPSA) is 47.7 Å². The highest BCUT2D eigenvalue weighted by atomic mass is 15.2. The summed E-state index contributed by atoms with van der Waals surface area (Å²) in [7, 11) is 2.08. The molecule has 1 N–H and O–H groups in total. The third-order valence-electron chi connectivity index (χ3n) is 4.04. The molecule has 102 valence electrons. The lowest BCUT2D eigenvalue weighted by atomic mass is 10.3. The Kier molecular flexibility index (Phi) is 2.60. The minimum Gasteiger partial charge on any atom is -0.331 e. The van der Waals surface area contributed by atoms with Gasteiger partial charge in [0, 0.05) is 38.4 Å². The van der Waals surface area contributed by atoms with Crippen molar-refractivity contribution in [2.75, 3.05) is 6.54 Å². The Hall–Kier alpha value is -2.14. The SMILES string of the molecule is Cn1c(Cc2cnc3n2CCNC3)nc2ccccc21. The zero-order chi connectivity index (χ0) is 13.5. The van der Waals surface area contributed by atoms with E-state index in [1.54, 1.807) is 0 Å². The quantitative estimate of drug-likeness (QED) is 0.765. The molecule has 0 fully saturated rings. The van der Waals surface area contributed by atoms with Crippen molar-refractivity contribution in [1.29, 1.82) is 0 Å². The lowest BCUT2D eigenvalue weighted by Gasteiger charge is -2.17. The molecule has 0 spiro atoms. The van der Waals surface area contributed by atoms with Crippen molar-refractivity contribution in [3.63, 3.8) is 0 Å². The number of rotatable bonds is 2. The highest BCUT2D eigenvalue weighted by Crippen LogP contribution is 2.18. The van der Waals surface area contributed by atoms with Crippen LogP contribution in [0.1, 0.15) is 17.3 Å². The first kappa shape index (κ1) is 11.7. The average Bonchev–Trinajstić information content (AvgIpc) is 3.03. The Bertz CT molecular complexity index is 768. The van der Waals surface area contributed by atoms with Crippen LogP contribution in [0.3, 0.4) is 0 Å². The zero-order valence-corrected chi connectivity index (χ0v) is 11.5. The molecule has 5 heteroatoms. The van der Waals surface area contributed by atoms with E-state index in [-0.39, 0.29) is 0 Å². The highest BCUT2D eigenvalue weighted by molar-refractivity contribution is 5.75. The lowest BCUT2D eigenvalue weighted by Crippen LogP contribution is -2.29. The van der Waals surface area contributed by atoms with Gasteiger partial charge in [0.15, 0.2) is 0 Å². The van der Waals surface area contributed by atoms with Crippen LogP contribution in [-0.2, 0) is 26.6 Å². The van der Waals surface area contributed by atoms with Crippen LogP contribution in [0.4, 0.5) is 0 Å². The fourth-order valence-electron chi connectivity index (χ4n) is 2.92. The molecule has 0 aliphatic carbocycles. The van der Waals surface area contributed by atoms with Gasteiger partial charge < -0.3 is 14.5 Å². The number of nitrogens with one attached hydrogen (secondary N) is 1. The van der Waals surface area contributed by atoms with Gasteiger partial charge in [0.25, 0.3) is 0 Å². The second kappa shape index (κ2) is 4.45. The molecule has 5 nitrogen and oxygen atoms in total. The summed E-state index contributed by atoms with van der Waals surface area (Å²) in [5.41, 5.74) is 3.49. The van der Waals surface area contributed by atoms with E-state index in [0.717, 1.165) is 43.2 Å². The second-order valence-corrected chi connectivity index (χ2v) is 5.25. The summed E-state index contributed by atoms with van der Waals surface area (Å²) in [5, 5.41) is 3.35. The number of nitrogens with zero attached hydrogens (tertiary/aromatic N) is 4. The molecule has 20 heavy (non-hydrogen) atoms. The van der Waals surface area contributed by atoms with E-state index in [1.165, 1.54) is 11.2 Å². The number of para-hydroxylation sites is 2. The van der Waals surface area contributed by atoms with Gasteiger partial charge in [-0.3, -0.25) is 0 Å². The molecular formula is C15H17N5. The Morgan fingerprint density at radius 2 is 2.20 bits per heavy atom. The molecule has 3 heterocycles. The van der Waals surface area contributed by atoms with E-state index in [9.17, 15) is 0 Å². The van der Waals surface area contributed by atoms with Crippen LogP contribution in [0, 0.1) is 0 Å². The Labute approximate surface area is 117 Å². The van der Waals surface area contributed by atoms with Gasteiger partial charge in [-0.1, -0.05) is 12.1 Å². The van der Waals surface area contributed by atoms with Crippen LogP contribution in [0.15, 0.2) is 30.5 Å². The van der Waals surface area contributed by atoms with Crippen LogP contribution < -0.4 is 5.32 Å². The van der Waals surface area contributed by atoms with E-state index in [2.05, 4.69) is 44.7 Å². The molecule has 0 amide bonds. The molecular weight excluding hydrogens is 250 g/mol. The third kappa shape index (κ3) is 1.74. The van der Waals surface area contributed by atoms with Crippen molar-refractivity contribution in [3.8, 4) is 0 Å². The molecule has 4 rings (SSSR count). The second-order valence-electron chi connectivity index (χ2n) is 5.25. The summed E-state index contributed by atoms with van der Waals surface area (Å²) in [4.78, 5) is 9.24. The molecule has 0 saturated carbocycles. The lowest BCUT2D eigenvalue weighted by molar-refractivity contribution is 0.494. The molecule has 0 radical (unpaired) electrons. The van der Waals surface area contributed by atoms with Crippen LogP contribution in [-0.4, -0.2) is 25.6 Å². The van der Waals surface area contributed by atoms with Gasteiger partial charge in [-0.15, -0.1) is 0 Å². The van der Waals surface area contributed by atoms with Crippen LogP contribution >= 0.6 is 0 Å². The molecule has 0 unspecified atom stereocenters. The average molecular weight is 267 g/mol. The Morgan fingerprint density at radius 3 is 3.10 bits per heavy atom. The molecule has 1 aromatic carbocycles. The maximum atomic E-state index is 4.74. The fraction of sp³-hybridized carbons (Fsp3) is 0.333. The third-order valence-corrected chi connectivity index (χ3v) is 4.04. The largest absolute Gasteiger partial charge is 0.331 e. The molecule has 1 aliphatic heterocycles. The number of imidazole rings is 2. The van der Waals surface area contributed by atoms with Gasteiger partial charge >= 0.3 is 0 Å².